The summed E-state index contributed by atoms with van der Waals surface area (Å²) in [5, 5.41) is 57.5. The van der Waals surface area contributed by atoms with Gasteiger partial charge in [0, 0.05) is 13.1 Å². The molecule has 0 heterocycles. The van der Waals surface area contributed by atoms with E-state index < -0.39 is 5.60 Å². The molecule has 0 saturated heterocycles. The zero-order valence-corrected chi connectivity index (χ0v) is 20.6. The maximum atomic E-state index is 12.2. The highest BCUT2D eigenvalue weighted by atomic mass is 18.0. The Balaban J connectivity index is 0. The fourth-order valence-electron chi connectivity index (χ4n) is 1.90. The Hall–Kier alpha value is -1.41. The molecule has 20 nitrogen and oxygen atoms in total. The van der Waals surface area contributed by atoms with Gasteiger partial charge in [-0.25, -0.2) is 15.3 Å². The van der Waals surface area contributed by atoms with Gasteiger partial charge < -0.3 is 19.4 Å². The van der Waals surface area contributed by atoms with Gasteiger partial charge in [-0.15, -0.1) is 0 Å². The minimum absolute atomic E-state index is 0.199. The first kappa shape index (κ1) is 35.8. The van der Waals surface area contributed by atoms with Crippen LogP contribution in [0.1, 0.15) is 33.6 Å². The van der Waals surface area contributed by atoms with E-state index >= 15 is 0 Å². The van der Waals surface area contributed by atoms with Crippen LogP contribution in [0.4, 0.5) is 4.79 Å². The van der Waals surface area contributed by atoms with Crippen molar-refractivity contribution in [2.24, 2.45) is 0 Å². The molecule has 0 fully saturated rings. The molecule has 0 radical (unpaired) electrons. The van der Waals surface area contributed by atoms with E-state index in [4.69, 9.17) is 15.3 Å². The van der Waals surface area contributed by atoms with E-state index in [1.54, 1.807) is 0 Å². The van der Waals surface area contributed by atoms with Crippen LogP contribution in [0.25, 0.3) is 0 Å². The normalized spacial score (nSPS) is 11.5. The molecule has 0 aromatic carbocycles. The summed E-state index contributed by atoms with van der Waals surface area (Å²) < 4.78 is 5.47. The van der Waals surface area contributed by atoms with Crippen molar-refractivity contribution in [1.29, 1.82) is 0 Å². The second kappa shape index (κ2) is 24.3. The van der Waals surface area contributed by atoms with Crippen molar-refractivity contribution in [3.8, 4) is 0 Å². The predicted octanol–water partition coefficient (Wildman–Crippen LogP) is 1.26. The highest BCUT2D eigenvalue weighted by Gasteiger charge is 2.21. The van der Waals surface area contributed by atoms with Crippen molar-refractivity contribution < 1.29 is 85.5 Å². The van der Waals surface area contributed by atoms with Gasteiger partial charge in [-0.1, -0.05) is 0 Å². The van der Waals surface area contributed by atoms with E-state index in [1.807, 2.05) is 53.9 Å². The number of hydrogen-bond donors (Lipinski definition) is 2. The van der Waals surface area contributed by atoms with Crippen molar-refractivity contribution >= 4 is 6.09 Å². The second-order valence-corrected chi connectivity index (χ2v) is 7.68. The minimum Gasteiger partial charge on any atom is -0.444 e. The number of ether oxygens (including phenoxy) is 1. The molecule has 20 heteroatoms. The summed E-state index contributed by atoms with van der Waals surface area (Å²) in [5.74, 6) is 0. The smallest absolute Gasteiger partial charge is 0.410 e. The Labute approximate surface area is 200 Å². The Kier molecular flexibility index (Phi) is 24.8. The molecule has 0 saturated carbocycles. The van der Waals surface area contributed by atoms with E-state index in [1.165, 1.54) is 0 Å². The molecule has 2 N–H and O–H groups in total. The van der Waals surface area contributed by atoms with Crippen molar-refractivity contribution in [1.82, 2.24) is 14.7 Å². The summed E-state index contributed by atoms with van der Waals surface area (Å²) in [6.45, 7) is 9.18. The molecule has 0 atom stereocenters. The standard InChI is InChI=1S/C15H33N3O2.H2O15/c1-15(2,3)20-14(19)18(12-8-10-16(4)5)13-9-11-17(6)7;1-3-5-7-9-11-13-15-14-12-10-8-6-4-2/h8-13H2,1-7H3;1-2H/i19-1;. The van der Waals surface area contributed by atoms with E-state index in [-0.39, 0.29) is 6.09 Å². The maximum Gasteiger partial charge on any atom is 0.410 e. The van der Waals surface area contributed by atoms with Crippen LogP contribution in [0, 0.1) is 0 Å². The zero-order chi connectivity index (χ0) is 27.0. The Morgan fingerprint density at radius 2 is 0.914 bits per heavy atom. The van der Waals surface area contributed by atoms with Crippen LogP contribution < -0.4 is 0 Å². The van der Waals surface area contributed by atoms with E-state index in [0.717, 1.165) is 39.0 Å². The van der Waals surface area contributed by atoms with Crippen LogP contribution in [-0.4, -0.2) is 91.3 Å². The topological polar surface area (TPSA) is 196 Å². The largest absolute Gasteiger partial charge is 0.444 e. The Morgan fingerprint density at radius 3 is 1.17 bits per heavy atom. The highest BCUT2D eigenvalue weighted by Crippen LogP contribution is 2.11. The molecule has 0 aliphatic carbocycles. The molecule has 0 aliphatic rings. The summed E-state index contributed by atoms with van der Waals surface area (Å²) >= 11 is 0. The van der Waals surface area contributed by atoms with Gasteiger partial charge in [0.25, 0.3) is 0 Å². The Morgan fingerprint density at radius 1 is 0.600 bits per heavy atom. The molecular formula is C15H35N3O17. The summed E-state index contributed by atoms with van der Waals surface area (Å²) in [4.78, 5) is 18.3. The fraction of sp³-hybridized carbons (Fsp3) is 0.933. The zero-order valence-electron chi connectivity index (χ0n) is 20.6. The number of amides is 1. The lowest BCUT2D eigenvalue weighted by molar-refractivity contribution is -0.879. The fourth-order valence-corrected chi connectivity index (χ4v) is 1.90. The van der Waals surface area contributed by atoms with Gasteiger partial charge in [0.1, 0.15) is 5.60 Å². The van der Waals surface area contributed by atoms with E-state index in [9.17, 15) is 4.79 Å². The molecule has 0 aliphatic heterocycles. The summed E-state index contributed by atoms with van der Waals surface area (Å²) in [5.41, 5.74) is -0.432. The highest BCUT2D eigenvalue weighted by molar-refractivity contribution is 5.68. The molecule has 0 bridgehead atoms. The monoisotopic (exact) mass is 528 g/mol. The lowest BCUT2D eigenvalue weighted by atomic mass is 10.2. The van der Waals surface area contributed by atoms with Crippen molar-refractivity contribution in [3.05, 3.63) is 0 Å². The van der Waals surface area contributed by atoms with Gasteiger partial charge in [-0.05, 0) is 140 Å². The summed E-state index contributed by atoms with van der Waals surface area (Å²) in [7, 11) is 8.18. The second-order valence-electron chi connectivity index (χ2n) is 7.68. The minimum atomic E-state index is -0.432. The molecular weight excluding hydrogens is 493 g/mol. The average molecular weight is 528 g/mol. The first-order valence-electron chi connectivity index (χ1n) is 9.75. The van der Waals surface area contributed by atoms with Crippen molar-refractivity contribution in [3.63, 3.8) is 0 Å². The van der Waals surface area contributed by atoms with Gasteiger partial charge in [-0.2, -0.15) is 0 Å². The molecule has 1 amide bonds. The third-order valence-corrected chi connectivity index (χ3v) is 3.06. The number of carbonyl (C=O) groups excluding carboxylic acids is 1. The summed E-state index contributed by atoms with van der Waals surface area (Å²) in [6.07, 6.45) is 1.73. The van der Waals surface area contributed by atoms with Gasteiger partial charge in [0.15, 0.2) is 0 Å². The van der Waals surface area contributed by atoms with Crippen LogP contribution >= 0.6 is 0 Å². The molecule has 35 heavy (non-hydrogen) atoms. The van der Waals surface area contributed by atoms with E-state index in [2.05, 4.69) is 75.3 Å². The first-order chi connectivity index (χ1) is 16.5. The molecule has 212 valence electrons. The SMILES string of the molecule is CN(C)CCCN(CCCN(C)C)C(=[15O])OC(C)(C)C.OOOOOOOOOOOOOOO. The molecule has 0 aromatic heterocycles. The molecule has 0 spiro atoms. The summed E-state index contributed by atoms with van der Waals surface area (Å²) in [6, 6.07) is 0. The lowest BCUT2D eigenvalue weighted by Gasteiger charge is -2.28. The van der Waals surface area contributed by atoms with Gasteiger partial charge in [0.2, 0.25) is 0 Å². The average Bonchev–Trinajstić information content (AvgIpc) is 2.75. The quantitative estimate of drug-likeness (QED) is 0.130. The number of nitrogens with zero attached hydrogens (tertiary/aromatic N) is 3. The van der Waals surface area contributed by atoms with Crippen molar-refractivity contribution in [2.45, 2.75) is 39.2 Å². The van der Waals surface area contributed by atoms with Crippen LogP contribution in [0.2, 0.25) is 0 Å². The van der Waals surface area contributed by atoms with Gasteiger partial charge in [-0.3, -0.25) is 0 Å². The van der Waals surface area contributed by atoms with Crippen LogP contribution in [0.5, 0.6) is 0 Å². The maximum absolute atomic E-state index is 12.2. The first-order valence-corrected chi connectivity index (χ1v) is 9.75. The number of hydrogen-bond acceptors (Lipinski definition) is 19. The van der Waals surface area contributed by atoms with Crippen molar-refractivity contribution in [2.75, 3.05) is 54.4 Å². The number of carbonyl (C=O) groups is 1. The van der Waals surface area contributed by atoms with Crippen LogP contribution in [-0.2, 0) is 70.2 Å². The number of rotatable bonds is 20. The third kappa shape index (κ3) is 30.6. The van der Waals surface area contributed by atoms with Crippen LogP contribution in [0.15, 0.2) is 0 Å². The lowest BCUT2D eigenvalue weighted by Crippen LogP contribution is -2.39. The van der Waals surface area contributed by atoms with Gasteiger partial charge in [0.05, 0.1) is 0 Å². The van der Waals surface area contributed by atoms with E-state index in [0.29, 0.717) is 0 Å². The molecule has 0 unspecified atom stereocenters. The predicted molar refractivity (Wildman–Crippen MR) is 104 cm³/mol. The third-order valence-electron chi connectivity index (χ3n) is 3.06. The van der Waals surface area contributed by atoms with Crippen LogP contribution in [0.3, 0.4) is 0 Å². The van der Waals surface area contributed by atoms with Gasteiger partial charge >= 0.3 is 6.09 Å². The Bertz CT molecular complexity index is 442. The molecule has 0 rings (SSSR count). The molecule has 0 aromatic rings.